The van der Waals surface area contributed by atoms with E-state index in [1.807, 2.05) is 0 Å². The van der Waals surface area contributed by atoms with Crippen LogP contribution in [0.25, 0.3) is 0 Å². The maximum absolute atomic E-state index is 10.8. The van der Waals surface area contributed by atoms with Crippen LogP contribution in [0.4, 0.5) is 0 Å². The van der Waals surface area contributed by atoms with E-state index in [-0.39, 0.29) is 6.42 Å². The topological polar surface area (TPSA) is 95.4 Å². The van der Waals surface area contributed by atoms with Crippen molar-refractivity contribution in [1.29, 1.82) is 0 Å². The van der Waals surface area contributed by atoms with Gasteiger partial charge in [-0.25, -0.2) is 4.79 Å². The summed E-state index contributed by atoms with van der Waals surface area (Å²) in [5.41, 5.74) is 10.3. The largest absolute Gasteiger partial charge is 0.463 e. The monoisotopic (exact) mass is 186 g/mol. The lowest BCUT2D eigenvalue weighted by Crippen LogP contribution is -2.25. The van der Waals surface area contributed by atoms with Crippen LogP contribution in [0.1, 0.15) is 13.3 Å². The first kappa shape index (κ1) is 11.6. The van der Waals surface area contributed by atoms with Gasteiger partial charge in [0.15, 0.2) is 0 Å². The zero-order chi connectivity index (χ0) is 10.3. The molecule has 0 spiro atoms. The summed E-state index contributed by atoms with van der Waals surface area (Å²) in [5, 5.41) is 0. The molecule has 0 saturated carbocycles. The fourth-order valence-corrected chi connectivity index (χ4v) is 0.693. The summed E-state index contributed by atoms with van der Waals surface area (Å²) in [6.45, 7) is 2.02. The highest BCUT2D eigenvalue weighted by atomic mass is 16.5. The van der Waals surface area contributed by atoms with E-state index in [0.29, 0.717) is 6.61 Å². The average molecular weight is 186 g/mol. The van der Waals surface area contributed by atoms with Crippen LogP contribution in [0.3, 0.4) is 0 Å². The van der Waals surface area contributed by atoms with E-state index in [1.165, 1.54) is 12.2 Å². The molecule has 74 valence electrons. The number of carbonyl (C=O) groups is 2. The second-order valence-electron chi connectivity index (χ2n) is 2.45. The molecule has 0 heterocycles. The number of rotatable bonds is 5. The average Bonchev–Trinajstić information content (AvgIpc) is 2.00. The van der Waals surface area contributed by atoms with E-state index in [1.54, 1.807) is 6.92 Å². The van der Waals surface area contributed by atoms with Crippen LogP contribution in [-0.2, 0) is 14.3 Å². The van der Waals surface area contributed by atoms with Crippen molar-refractivity contribution in [3.05, 3.63) is 12.2 Å². The van der Waals surface area contributed by atoms with Gasteiger partial charge in [-0.3, -0.25) is 4.79 Å². The molecule has 4 N–H and O–H groups in total. The van der Waals surface area contributed by atoms with Crippen LogP contribution in [-0.4, -0.2) is 24.5 Å². The van der Waals surface area contributed by atoms with Crippen molar-refractivity contribution in [2.24, 2.45) is 11.5 Å². The van der Waals surface area contributed by atoms with Gasteiger partial charge >= 0.3 is 5.97 Å². The van der Waals surface area contributed by atoms with Crippen LogP contribution in [0.15, 0.2) is 12.2 Å². The van der Waals surface area contributed by atoms with Crippen LogP contribution < -0.4 is 11.5 Å². The van der Waals surface area contributed by atoms with Gasteiger partial charge in [0.2, 0.25) is 5.91 Å². The zero-order valence-electron chi connectivity index (χ0n) is 7.53. The van der Waals surface area contributed by atoms with Gasteiger partial charge in [-0.15, -0.1) is 0 Å². The molecule has 5 nitrogen and oxygen atoms in total. The third-order valence-corrected chi connectivity index (χ3v) is 1.20. The van der Waals surface area contributed by atoms with Crippen LogP contribution in [0.5, 0.6) is 0 Å². The molecule has 0 fully saturated rings. The normalized spacial score (nSPS) is 12.8. The molecule has 0 aromatic rings. The SMILES string of the molecule is CCOC(=O)/C=C/[C@H](N)CC(N)=O. The van der Waals surface area contributed by atoms with Gasteiger partial charge < -0.3 is 16.2 Å². The van der Waals surface area contributed by atoms with E-state index in [4.69, 9.17) is 11.5 Å². The number of carbonyl (C=O) groups excluding carboxylic acids is 2. The highest BCUT2D eigenvalue weighted by Crippen LogP contribution is 1.90. The zero-order valence-corrected chi connectivity index (χ0v) is 7.53. The van der Waals surface area contributed by atoms with Gasteiger partial charge in [-0.2, -0.15) is 0 Å². The molecular weight excluding hydrogens is 172 g/mol. The Kier molecular flexibility index (Phi) is 5.54. The van der Waals surface area contributed by atoms with E-state index < -0.39 is 17.9 Å². The highest BCUT2D eigenvalue weighted by Gasteiger charge is 2.02. The maximum atomic E-state index is 10.8. The Bertz CT molecular complexity index is 213. The summed E-state index contributed by atoms with van der Waals surface area (Å²) in [6.07, 6.45) is 2.61. The highest BCUT2D eigenvalue weighted by molar-refractivity contribution is 5.82. The number of hydrogen-bond acceptors (Lipinski definition) is 4. The third-order valence-electron chi connectivity index (χ3n) is 1.20. The van der Waals surface area contributed by atoms with Crippen molar-refractivity contribution in [1.82, 2.24) is 0 Å². The lowest BCUT2D eigenvalue weighted by Gasteiger charge is -2.01. The Morgan fingerprint density at radius 2 is 2.15 bits per heavy atom. The summed E-state index contributed by atoms with van der Waals surface area (Å²) in [6, 6.07) is -0.526. The molecule has 1 amide bonds. The first-order valence-electron chi connectivity index (χ1n) is 3.95. The van der Waals surface area contributed by atoms with Gasteiger partial charge in [0.05, 0.1) is 6.61 Å². The Hall–Kier alpha value is -1.36. The number of esters is 1. The molecule has 1 atom stereocenters. The second kappa shape index (κ2) is 6.19. The van der Waals surface area contributed by atoms with Crippen molar-refractivity contribution in [3.63, 3.8) is 0 Å². The minimum Gasteiger partial charge on any atom is -0.463 e. The Morgan fingerprint density at radius 1 is 1.54 bits per heavy atom. The van der Waals surface area contributed by atoms with E-state index in [9.17, 15) is 9.59 Å². The predicted octanol–water partition coefficient (Wildman–Crippen LogP) is -0.692. The smallest absolute Gasteiger partial charge is 0.330 e. The first-order valence-corrected chi connectivity index (χ1v) is 3.95. The Balaban J connectivity index is 3.82. The molecule has 0 bridgehead atoms. The molecular formula is C8H14N2O3. The number of hydrogen-bond donors (Lipinski definition) is 2. The predicted molar refractivity (Wildman–Crippen MR) is 47.6 cm³/mol. The Labute approximate surface area is 76.7 Å². The molecule has 0 rings (SSSR count). The van der Waals surface area contributed by atoms with Gasteiger partial charge in [0, 0.05) is 18.5 Å². The molecule has 0 radical (unpaired) electrons. The van der Waals surface area contributed by atoms with Crippen molar-refractivity contribution < 1.29 is 14.3 Å². The second-order valence-corrected chi connectivity index (χ2v) is 2.45. The third kappa shape index (κ3) is 7.02. The van der Waals surface area contributed by atoms with Crippen molar-refractivity contribution in [3.8, 4) is 0 Å². The molecule has 0 aromatic heterocycles. The van der Waals surface area contributed by atoms with Crippen LogP contribution >= 0.6 is 0 Å². The number of ether oxygens (including phenoxy) is 1. The molecule has 0 aliphatic rings. The number of nitrogens with two attached hydrogens (primary N) is 2. The van der Waals surface area contributed by atoms with E-state index in [2.05, 4.69) is 4.74 Å². The minimum atomic E-state index is -0.526. The summed E-state index contributed by atoms with van der Waals surface area (Å²) < 4.78 is 4.60. The van der Waals surface area contributed by atoms with Crippen molar-refractivity contribution in [2.45, 2.75) is 19.4 Å². The Morgan fingerprint density at radius 3 is 2.62 bits per heavy atom. The molecule has 0 aromatic carbocycles. The molecule has 0 saturated heterocycles. The molecule has 0 aliphatic heterocycles. The van der Waals surface area contributed by atoms with Gasteiger partial charge in [-0.1, -0.05) is 6.08 Å². The first-order chi connectivity index (χ1) is 6.06. The standard InChI is InChI=1S/C8H14N2O3/c1-2-13-8(12)4-3-6(9)5-7(10)11/h3-4,6H,2,5,9H2,1H3,(H2,10,11)/b4-3+/t6-/m0/s1. The number of primary amides is 1. The molecule has 13 heavy (non-hydrogen) atoms. The van der Waals surface area contributed by atoms with Gasteiger partial charge in [-0.05, 0) is 6.92 Å². The lowest BCUT2D eigenvalue weighted by molar-refractivity contribution is -0.137. The fraction of sp³-hybridized carbons (Fsp3) is 0.500. The van der Waals surface area contributed by atoms with Crippen LogP contribution in [0.2, 0.25) is 0 Å². The maximum Gasteiger partial charge on any atom is 0.330 e. The fourth-order valence-electron chi connectivity index (χ4n) is 0.693. The van der Waals surface area contributed by atoms with E-state index >= 15 is 0 Å². The molecule has 0 unspecified atom stereocenters. The summed E-state index contributed by atoms with van der Waals surface area (Å²) in [4.78, 5) is 21.1. The van der Waals surface area contributed by atoms with Crippen molar-refractivity contribution >= 4 is 11.9 Å². The van der Waals surface area contributed by atoms with Gasteiger partial charge in [0.25, 0.3) is 0 Å². The van der Waals surface area contributed by atoms with Crippen molar-refractivity contribution in [2.75, 3.05) is 6.61 Å². The van der Waals surface area contributed by atoms with E-state index in [0.717, 1.165) is 0 Å². The molecule has 5 heteroatoms. The summed E-state index contributed by atoms with van der Waals surface area (Å²) >= 11 is 0. The lowest BCUT2D eigenvalue weighted by atomic mass is 10.2. The van der Waals surface area contributed by atoms with Gasteiger partial charge in [0.1, 0.15) is 0 Å². The molecule has 0 aliphatic carbocycles. The number of amides is 1. The van der Waals surface area contributed by atoms with Crippen LogP contribution in [0, 0.1) is 0 Å². The summed E-state index contributed by atoms with van der Waals surface area (Å²) in [7, 11) is 0. The quantitative estimate of drug-likeness (QED) is 0.438. The minimum absolute atomic E-state index is 0.0237. The summed E-state index contributed by atoms with van der Waals surface area (Å²) in [5.74, 6) is -0.969.